The molecule has 1 atom stereocenters. The summed E-state index contributed by atoms with van der Waals surface area (Å²) in [6.45, 7) is 4.35. The second-order valence-electron chi connectivity index (χ2n) is 5.61. The molecular weight excluding hydrogens is 364 g/mol. The van der Waals surface area contributed by atoms with Crippen LogP contribution >= 0.6 is 11.8 Å². The maximum Gasteiger partial charge on any atom is 0.231 e. The molecule has 3 rings (SSSR count). The van der Waals surface area contributed by atoms with E-state index in [-0.39, 0.29) is 17.7 Å². The Kier molecular flexibility index (Phi) is 6.37. The molecule has 0 spiro atoms. The zero-order valence-corrected chi connectivity index (χ0v) is 15.9. The van der Waals surface area contributed by atoms with Crippen LogP contribution in [0.3, 0.4) is 0 Å². The number of benzene rings is 1. The Morgan fingerprint density at radius 3 is 2.85 bits per heavy atom. The van der Waals surface area contributed by atoms with Crippen LogP contribution in [-0.2, 0) is 4.79 Å². The molecule has 0 saturated carbocycles. The average Bonchev–Trinajstić information content (AvgIpc) is 3.16. The minimum Gasteiger partial charge on any atom is -0.492 e. The first-order valence-corrected chi connectivity index (χ1v) is 9.51. The highest BCUT2D eigenvalue weighted by Crippen LogP contribution is 2.25. The predicted molar refractivity (Wildman–Crippen MR) is 102 cm³/mol. The number of hydrogen-bond donors (Lipinski definition) is 1. The third-order valence-corrected chi connectivity index (χ3v) is 4.59. The Hall–Kier alpha value is -2.94. The molecule has 0 aliphatic carbocycles. The van der Waals surface area contributed by atoms with Crippen LogP contribution in [0.1, 0.15) is 25.6 Å². The zero-order valence-electron chi connectivity index (χ0n) is 15.1. The van der Waals surface area contributed by atoms with Gasteiger partial charge in [0, 0.05) is 6.20 Å². The van der Waals surface area contributed by atoms with Gasteiger partial charge in [-0.2, -0.15) is 4.68 Å². The van der Waals surface area contributed by atoms with Crippen LogP contribution in [-0.4, -0.2) is 43.5 Å². The van der Waals surface area contributed by atoms with E-state index in [9.17, 15) is 4.79 Å². The van der Waals surface area contributed by atoms with E-state index in [0.29, 0.717) is 17.5 Å². The molecule has 8 nitrogen and oxygen atoms in total. The number of thioether (sulfide) groups is 1. The fourth-order valence-corrected chi connectivity index (χ4v) is 3.14. The third-order valence-electron chi connectivity index (χ3n) is 3.68. The number of para-hydroxylation sites is 2. The summed E-state index contributed by atoms with van der Waals surface area (Å²) in [4.78, 5) is 16.5. The van der Waals surface area contributed by atoms with Crippen molar-refractivity contribution in [3.8, 4) is 11.4 Å². The number of carbonyl (C=O) groups excluding carboxylic acids is 1. The zero-order chi connectivity index (χ0) is 19.1. The molecule has 0 aliphatic heterocycles. The lowest BCUT2D eigenvalue weighted by Crippen LogP contribution is -2.28. The molecule has 0 aliphatic rings. The molecule has 0 bridgehead atoms. The molecule has 0 fully saturated rings. The van der Waals surface area contributed by atoms with E-state index in [1.165, 1.54) is 11.8 Å². The summed E-state index contributed by atoms with van der Waals surface area (Å²) in [5.74, 6) is 0.752. The van der Waals surface area contributed by atoms with Gasteiger partial charge in [-0.15, -0.1) is 5.10 Å². The van der Waals surface area contributed by atoms with Gasteiger partial charge in [-0.05, 0) is 48.5 Å². The quantitative estimate of drug-likeness (QED) is 0.596. The molecule has 9 heteroatoms. The van der Waals surface area contributed by atoms with Gasteiger partial charge in [-0.25, -0.2) is 0 Å². The second-order valence-corrected chi connectivity index (χ2v) is 6.55. The van der Waals surface area contributed by atoms with Crippen molar-refractivity contribution >= 4 is 17.7 Å². The smallest absolute Gasteiger partial charge is 0.231 e. The average molecular weight is 384 g/mol. The summed E-state index contributed by atoms with van der Waals surface area (Å²) in [5.41, 5.74) is 1.54. The number of aromatic nitrogens is 5. The summed E-state index contributed by atoms with van der Waals surface area (Å²) >= 11 is 1.26. The van der Waals surface area contributed by atoms with Crippen molar-refractivity contribution < 1.29 is 9.53 Å². The fourth-order valence-electron chi connectivity index (χ4n) is 2.45. The fraction of sp³-hybridized carbons (Fsp3) is 0.278. The number of rotatable bonds is 8. The number of nitrogens with one attached hydrogen (secondary N) is 1. The molecule has 0 saturated heterocycles. The normalized spacial score (nSPS) is 11.8. The Bertz CT molecular complexity index is 886. The summed E-state index contributed by atoms with van der Waals surface area (Å²) in [5, 5.41) is 15.2. The third kappa shape index (κ3) is 4.82. The van der Waals surface area contributed by atoms with Crippen molar-refractivity contribution in [2.24, 2.45) is 0 Å². The van der Waals surface area contributed by atoms with Gasteiger partial charge in [0.05, 0.1) is 24.1 Å². The van der Waals surface area contributed by atoms with Crippen LogP contribution in [0.2, 0.25) is 0 Å². The number of hydrogen-bond acceptors (Lipinski definition) is 7. The Balaban J connectivity index is 1.65. The van der Waals surface area contributed by atoms with Gasteiger partial charge in [0.1, 0.15) is 11.4 Å². The Morgan fingerprint density at radius 2 is 2.07 bits per heavy atom. The molecule has 2 heterocycles. The first kappa shape index (κ1) is 18.8. The van der Waals surface area contributed by atoms with E-state index < -0.39 is 0 Å². The number of pyridine rings is 1. The highest BCUT2D eigenvalue weighted by atomic mass is 32.2. The topological polar surface area (TPSA) is 94.8 Å². The van der Waals surface area contributed by atoms with Crippen molar-refractivity contribution in [2.45, 2.75) is 25.0 Å². The minimum atomic E-state index is -0.172. The van der Waals surface area contributed by atoms with Crippen molar-refractivity contribution in [1.82, 2.24) is 30.5 Å². The number of amides is 1. The van der Waals surface area contributed by atoms with Crippen molar-refractivity contribution in [3.05, 3.63) is 54.4 Å². The maximum atomic E-state index is 12.3. The van der Waals surface area contributed by atoms with Crippen LogP contribution in [0, 0.1) is 0 Å². The van der Waals surface area contributed by atoms with Crippen LogP contribution < -0.4 is 10.1 Å². The lowest BCUT2D eigenvalue weighted by atomic mass is 10.2. The molecule has 0 radical (unpaired) electrons. The lowest BCUT2D eigenvalue weighted by molar-refractivity contribution is -0.119. The van der Waals surface area contributed by atoms with E-state index >= 15 is 0 Å². The highest BCUT2D eigenvalue weighted by molar-refractivity contribution is 7.99. The predicted octanol–water partition coefficient (Wildman–Crippen LogP) is 2.43. The van der Waals surface area contributed by atoms with Gasteiger partial charge in [0.15, 0.2) is 0 Å². The van der Waals surface area contributed by atoms with E-state index in [0.717, 1.165) is 11.4 Å². The monoisotopic (exact) mass is 384 g/mol. The van der Waals surface area contributed by atoms with Gasteiger partial charge in [0.25, 0.3) is 0 Å². The minimum absolute atomic E-state index is 0.120. The van der Waals surface area contributed by atoms with Gasteiger partial charge in [-0.3, -0.25) is 9.78 Å². The van der Waals surface area contributed by atoms with Gasteiger partial charge in [-0.1, -0.05) is 30.0 Å². The number of ether oxygens (including phenoxy) is 1. The molecule has 1 aromatic carbocycles. The number of carbonyl (C=O) groups is 1. The van der Waals surface area contributed by atoms with E-state index in [2.05, 4.69) is 25.8 Å². The van der Waals surface area contributed by atoms with Crippen LogP contribution in [0.4, 0.5) is 0 Å². The maximum absolute atomic E-state index is 12.3. The van der Waals surface area contributed by atoms with Crippen LogP contribution in [0.15, 0.2) is 53.8 Å². The van der Waals surface area contributed by atoms with Crippen LogP contribution in [0.5, 0.6) is 5.75 Å². The standard InChI is InChI=1S/C18H20N6O2S/c1-3-26-16-10-5-4-9-15(16)24-18(21-22-23-24)27-12-17(25)20-13(2)14-8-6-7-11-19-14/h4-11,13H,3,12H2,1-2H3,(H,20,25)/t13-/m0/s1. The molecule has 1 N–H and O–H groups in total. The molecular formula is C18H20N6O2S. The van der Waals surface area contributed by atoms with Crippen molar-refractivity contribution in [2.75, 3.05) is 12.4 Å². The van der Waals surface area contributed by atoms with E-state index in [1.54, 1.807) is 10.9 Å². The largest absolute Gasteiger partial charge is 0.492 e. The van der Waals surface area contributed by atoms with Gasteiger partial charge in [0.2, 0.25) is 11.1 Å². The number of nitrogens with zero attached hydrogens (tertiary/aromatic N) is 5. The SMILES string of the molecule is CCOc1ccccc1-n1nnnc1SCC(=O)N[C@@H](C)c1ccccn1. The van der Waals surface area contributed by atoms with Crippen molar-refractivity contribution in [1.29, 1.82) is 0 Å². The molecule has 27 heavy (non-hydrogen) atoms. The Labute approximate surface area is 161 Å². The summed E-state index contributed by atoms with van der Waals surface area (Å²) < 4.78 is 7.21. The lowest BCUT2D eigenvalue weighted by Gasteiger charge is -2.13. The van der Waals surface area contributed by atoms with Gasteiger partial charge >= 0.3 is 0 Å². The first-order valence-electron chi connectivity index (χ1n) is 8.52. The molecule has 140 valence electrons. The number of tetrazole rings is 1. The van der Waals surface area contributed by atoms with Gasteiger partial charge < -0.3 is 10.1 Å². The summed E-state index contributed by atoms with van der Waals surface area (Å²) in [7, 11) is 0. The molecule has 1 amide bonds. The summed E-state index contributed by atoms with van der Waals surface area (Å²) in [6, 6.07) is 12.9. The van der Waals surface area contributed by atoms with E-state index in [1.807, 2.05) is 56.3 Å². The van der Waals surface area contributed by atoms with Crippen molar-refractivity contribution in [3.63, 3.8) is 0 Å². The Morgan fingerprint density at radius 1 is 1.26 bits per heavy atom. The first-order chi connectivity index (χ1) is 13.2. The molecule has 3 aromatic rings. The summed E-state index contributed by atoms with van der Waals surface area (Å²) in [6.07, 6.45) is 1.71. The second kappa shape index (κ2) is 9.13. The van der Waals surface area contributed by atoms with Crippen LogP contribution in [0.25, 0.3) is 5.69 Å². The van der Waals surface area contributed by atoms with E-state index in [4.69, 9.17) is 4.74 Å². The molecule has 0 unspecified atom stereocenters. The highest BCUT2D eigenvalue weighted by Gasteiger charge is 2.16. The molecule has 2 aromatic heterocycles.